The second-order valence-electron chi connectivity index (χ2n) is 7.78. The third-order valence-electron chi connectivity index (χ3n) is 5.06. The highest BCUT2D eigenvalue weighted by atomic mass is 35.5. The van der Waals surface area contributed by atoms with Gasteiger partial charge < -0.3 is 4.90 Å². The number of allylic oxidation sites excluding steroid dienone is 1. The van der Waals surface area contributed by atoms with Crippen LogP contribution in [-0.4, -0.2) is 29.4 Å². The second-order valence-corrected chi connectivity index (χ2v) is 8.22. The fourth-order valence-electron chi connectivity index (χ4n) is 3.41. The smallest absolute Gasteiger partial charge is 0.272 e. The van der Waals surface area contributed by atoms with Crippen molar-refractivity contribution < 1.29 is 0 Å². The molecule has 0 amide bonds. The van der Waals surface area contributed by atoms with E-state index in [0.29, 0.717) is 16.4 Å². The van der Waals surface area contributed by atoms with Gasteiger partial charge in [0, 0.05) is 42.5 Å². The molecule has 5 heteroatoms. The second kappa shape index (κ2) is 10.2. The van der Waals surface area contributed by atoms with Gasteiger partial charge in [-0.3, -0.25) is 4.79 Å². The van der Waals surface area contributed by atoms with Gasteiger partial charge in [0.2, 0.25) is 0 Å². The van der Waals surface area contributed by atoms with E-state index in [1.807, 2.05) is 122 Å². The molecule has 0 atom stereocenters. The van der Waals surface area contributed by atoms with Crippen molar-refractivity contribution in [3.8, 4) is 22.4 Å². The summed E-state index contributed by atoms with van der Waals surface area (Å²) >= 11 is 6.09. The minimum absolute atomic E-state index is 0.208. The first-order valence-corrected chi connectivity index (χ1v) is 11.0. The van der Waals surface area contributed by atoms with E-state index in [2.05, 4.69) is 0 Å². The molecular formula is C28H24ClN3O. The lowest BCUT2D eigenvalue weighted by atomic mass is 10.0. The Labute approximate surface area is 198 Å². The minimum atomic E-state index is -0.208. The van der Waals surface area contributed by atoms with E-state index in [-0.39, 0.29) is 5.56 Å². The van der Waals surface area contributed by atoms with Crippen LogP contribution in [0, 0.1) is 0 Å². The average Bonchev–Trinajstić information content (AvgIpc) is 2.84. The van der Waals surface area contributed by atoms with Gasteiger partial charge in [0.05, 0.1) is 11.4 Å². The van der Waals surface area contributed by atoms with Crippen LogP contribution in [0.2, 0.25) is 5.02 Å². The van der Waals surface area contributed by atoms with Crippen molar-refractivity contribution in [2.45, 2.75) is 0 Å². The van der Waals surface area contributed by atoms with E-state index in [0.717, 1.165) is 22.3 Å². The number of rotatable bonds is 6. The van der Waals surface area contributed by atoms with Gasteiger partial charge in [0.1, 0.15) is 0 Å². The van der Waals surface area contributed by atoms with Gasteiger partial charge in [-0.15, -0.1) is 0 Å². The molecule has 4 nitrogen and oxygen atoms in total. The molecule has 164 valence electrons. The molecule has 4 aromatic rings. The van der Waals surface area contributed by atoms with Gasteiger partial charge in [-0.1, -0.05) is 84.4 Å². The maximum absolute atomic E-state index is 13.4. The fourth-order valence-corrected chi connectivity index (χ4v) is 3.54. The quantitative estimate of drug-likeness (QED) is 0.328. The summed E-state index contributed by atoms with van der Waals surface area (Å²) in [5, 5.41) is 5.45. The summed E-state index contributed by atoms with van der Waals surface area (Å²) in [6.45, 7) is 0. The molecule has 0 unspecified atom stereocenters. The van der Waals surface area contributed by atoms with Gasteiger partial charge in [-0.2, -0.15) is 9.78 Å². The summed E-state index contributed by atoms with van der Waals surface area (Å²) in [6.07, 6.45) is 3.79. The predicted molar refractivity (Wildman–Crippen MR) is 138 cm³/mol. The molecule has 0 saturated carbocycles. The van der Waals surface area contributed by atoms with E-state index in [1.54, 1.807) is 6.07 Å². The zero-order valence-electron chi connectivity index (χ0n) is 18.5. The topological polar surface area (TPSA) is 37.6 Å². The Morgan fingerprint density at radius 3 is 2.03 bits per heavy atom. The molecule has 0 bridgehead atoms. The van der Waals surface area contributed by atoms with Gasteiger partial charge in [-0.25, -0.2) is 0 Å². The molecule has 3 aromatic carbocycles. The standard InChI is InChI=1S/C28H24ClN3O/c1-31(2)18-17-26(22-13-15-25(29)16-14-22)30-32-27(23-11-7-4-8-12-23)19-24(20-28(32)33)21-9-5-3-6-10-21/h3-20H,1-2H3/b18-17+,30-26+. The number of aromatic nitrogens is 1. The van der Waals surface area contributed by atoms with Crippen LogP contribution in [-0.2, 0) is 0 Å². The molecule has 0 radical (unpaired) electrons. The van der Waals surface area contributed by atoms with Crippen molar-refractivity contribution in [3.05, 3.63) is 130 Å². The summed E-state index contributed by atoms with van der Waals surface area (Å²) in [5.74, 6) is 0. The van der Waals surface area contributed by atoms with Gasteiger partial charge in [0.15, 0.2) is 0 Å². The third kappa shape index (κ3) is 5.48. The van der Waals surface area contributed by atoms with Crippen LogP contribution in [0.4, 0.5) is 0 Å². The summed E-state index contributed by atoms with van der Waals surface area (Å²) in [5.41, 5.74) is 4.74. The Kier molecular flexibility index (Phi) is 6.86. The lowest BCUT2D eigenvalue weighted by molar-refractivity contribution is 0.564. The fraction of sp³-hybridized carbons (Fsp3) is 0.0714. The zero-order valence-corrected chi connectivity index (χ0v) is 19.3. The molecule has 0 fully saturated rings. The molecule has 0 spiro atoms. The van der Waals surface area contributed by atoms with Gasteiger partial charge in [-0.05, 0) is 35.4 Å². The Hall–Kier alpha value is -3.89. The lowest BCUT2D eigenvalue weighted by Crippen LogP contribution is -2.19. The van der Waals surface area contributed by atoms with E-state index < -0.39 is 0 Å². The molecule has 4 rings (SSSR count). The van der Waals surface area contributed by atoms with Crippen molar-refractivity contribution in [1.82, 2.24) is 9.58 Å². The molecule has 0 aliphatic heterocycles. The minimum Gasteiger partial charge on any atom is -0.383 e. The normalized spacial score (nSPS) is 11.7. The summed E-state index contributed by atoms with van der Waals surface area (Å²) < 4.78 is 1.46. The monoisotopic (exact) mass is 453 g/mol. The number of hydrogen-bond acceptors (Lipinski definition) is 3. The zero-order chi connectivity index (χ0) is 23.2. The number of pyridine rings is 1. The number of benzene rings is 3. The highest BCUT2D eigenvalue weighted by Gasteiger charge is 2.12. The summed E-state index contributed by atoms with van der Waals surface area (Å²) in [7, 11) is 3.87. The number of hydrogen-bond donors (Lipinski definition) is 0. The van der Waals surface area contributed by atoms with E-state index in [1.165, 1.54) is 4.68 Å². The Bertz CT molecular complexity index is 1340. The first-order chi connectivity index (χ1) is 16.0. The van der Waals surface area contributed by atoms with Gasteiger partial charge >= 0.3 is 0 Å². The van der Waals surface area contributed by atoms with Crippen molar-refractivity contribution in [1.29, 1.82) is 0 Å². The predicted octanol–water partition coefficient (Wildman–Crippen LogP) is 6.16. The Morgan fingerprint density at radius 1 is 0.818 bits per heavy atom. The number of nitrogens with zero attached hydrogens (tertiary/aromatic N) is 3. The maximum Gasteiger partial charge on any atom is 0.272 e. The summed E-state index contributed by atoms with van der Waals surface area (Å²) in [4.78, 5) is 15.3. The maximum atomic E-state index is 13.4. The number of halogens is 1. The SMILES string of the molecule is CN(C)/C=C/C(=N\n1c(-c2ccccc2)cc(-c2ccccc2)cc1=O)c1ccc(Cl)cc1. The first-order valence-electron chi connectivity index (χ1n) is 10.6. The molecule has 0 aliphatic carbocycles. The van der Waals surface area contributed by atoms with Crippen molar-refractivity contribution >= 4 is 17.3 Å². The highest BCUT2D eigenvalue weighted by Crippen LogP contribution is 2.25. The van der Waals surface area contributed by atoms with Crippen LogP contribution in [0.3, 0.4) is 0 Å². The van der Waals surface area contributed by atoms with E-state index in [9.17, 15) is 4.79 Å². The Morgan fingerprint density at radius 2 is 1.42 bits per heavy atom. The third-order valence-corrected chi connectivity index (χ3v) is 5.32. The van der Waals surface area contributed by atoms with Crippen LogP contribution in [0.25, 0.3) is 22.4 Å². The van der Waals surface area contributed by atoms with Crippen LogP contribution < -0.4 is 5.56 Å². The molecule has 33 heavy (non-hydrogen) atoms. The van der Waals surface area contributed by atoms with Crippen molar-refractivity contribution in [3.63, 3.8) is 0 Å². The van der Waals surface area contributed by atoms with Gasteiger partial charge in [0.25, 0.3) is 5.56 Å². The molecule has 0 saturated heterocycles. The van der Waals surface area contributed by atoms with Crippen molar-refractivity contribution in [2.75, 3.05) is 14.1 Å². The molecular weight excluding hydrogens is 430 g/mol. The van der Waals surface area contributed by atoms with Crippen LogP contribution in [0.5, 0.6) is 0 Å². The average molecular weight is 454 g/mol. The van der Waals surface area contributed by atoms with E-state index in [4.69, 9.17) is 16.7 Å². The summed E-state index contributed by atoms with van der Waals surface area (Å²) in [6, 6.07) is 30.8. The van der Waals surface area contributed by atoms with Crippen LogP contribution in [0.1, 0.15) is 5.56 Å². The van der Waals surface area contributed by atoms with E-state index >= 15 is 0 Å². The lowest BCUT2D eigenvalue weighted by Gasteiger charge is -2.13. The molecule has 1 heterocycles. The van der Waals surface area contributed by atoms with Crippen molar-refractivity contribution in [2.24, 2.45) is 5.10 Å². The molecule has 1 aromatic heterocycles. The van der Waals surface area contributed by atoms with Crippen LogP contribution in [0.15, 0.2) is 119 Å². The molecule has 0 aliphatic rings. The largest absolute Gasteiger partial charge is 0.383 e. The van der Waals surface area contributed by atoms with Crippen LogP contribution >= 0.6 is 11.6 Å². The Balaban J connectivity index is 1.95. The first kappa shape index (κ1) is 22.3. The molecule has 0 N–H and O–H groups in total. The highest BCUT2D eigenvalue weighted by molar-refractivity contribution is 6.30.